The summed E-state index contributed by atoms with van der Waals surface area (Å²) < 4.78 is 23.1. The summed E-state index contributed by atoms with van der Waals surface area (Å²) in [4.78, 5) is 2.34. The minimum absolute atomic E-state index is 0.213. The van der Waals surface area contributed by atoms with Crippen molar-refractivity contribution >= 4 is 9.84 Å². The summed E-state index contributed by atoms with van der Waals surface area (Å²) in [6.07, 6.45) is 6.69. The van der Waals surface area contributed by atoms with Gasteiger partial charge in [-0.25, -0.2) is 8.42 Å². The Balaban J connectivity index is 2.62. The fourth-order valence-corrected chi connectivity index (χ4v) is 4.32. The first-order valence-electron chi connectivity index (χ1n) is 7.43. The van der Waals surface area contributed by atoms with Crippen molar-refractivity contribution in [2.24, 2.45) is 0 Å². The number of nitrogens with one attached hydrogen (secondary N) is 1. The van der Waals surface area contributed by atoms with E-state index in [-0.39, 0.29) is 11.3 Å². The molecule has 4 nitrogen and oxygen atoms in total. The first-order valence-corrected chi connectivity index (χ1v) is 9.25. The molecule has 0 aromatic heterocycles. The Kier molecular flexibility index (Phi) is 6.27. The molecule has 1 saturated carbocycles. The van der Waals surface area contributed by atoms with Crippen molar-refractivity contribution in [1.29, 1.82) is 0 Å². The van der Waals surface area contributed by atoms with Crippen molar-refractivity contribution < 1.29 is 8.42 Å². The van der Waals surface area contributed by atoms with E-state index in [0.29, 0.717) is 11.8 Å². The van der Waals surface area contributed by atoms with E-state index in [4.69, 9.17) is 0 Å². The molecule has 1 atom stereocenters. The van der Waals surface area contributed by atoms with Crippen molar-refractivity contribution in [2.75, 3.05) is 32.6 Å². The van der Waals surface area contributed by atoms with Gasteiger partial charge in [0, 0.05) is 17.3 Å². The topological polar surface area (TPSA) is 49.4 Å². The third-order valence-electron chi connectivity index (χ3n) is 4.75. The Morgan fingerprint density at radius 1 is 1.26 bits per heavy atom. The first kappa shape index (κ1) is 16.9. The highest BCUT2D eigenvalue weighted by molar-refractivity contribution is 7.91. The number of nitrogens with zero attached hydrogens (tertiary/aromatic N) is 1. The van der Waals surface area contributed by atoms with Crippen LogP contribution in [0.15, 0.2) is 0 Å². The van der Waals surface area contributed by atoms with E-state index in [1.807, 2.05) is 7.05 Å². The van der Waals surface area contributed by atoms with Gasteiger partial charge in [-0.1, -0.05) is 19.8 Å². The molecular formula is C14H30N2O2S. The number of rotatable bonds is 8. The zero-order chi connectivity index (χ0) is 14.5. The summed E-state index contributed by atoms with van der Waals surface area (Å²) in [7, 11) is 3.48. The van der Waals surface area contributed by atoms with Crippen LogP contribution in [0.3, 0.4) is 0 Å². The van der Waals surface area contributed by atoms with E-state index in [9.17, 15) is 8.42 Å². The minimum Gasteiger partial charge on any atom is -0.315 e. The van der Waals surface area contributed by atoms with Gasteiger partial charge in [0.25, 0.3) is 0 Å². The van der Waals surface area contributed by atoms with Crippen LogP contribution in [0.5, 0.6) is 0 Å². The fourth-order valence-electron chi connectivity index (χ4n) is 3.43. The van der Waals surface area contributed by atoms with Gasteiger partial charge in [0.15, 0.2) is 0 Å². The third kappa shape index (κ3) is 4.17. The molecule has 0 aliphatic heterocycles. The van der Waals surface area contributed by atoms with Crippen molar-refractivity contribution in [1.82, 2.24) is 10.2 Å². The molecule has 0 radical (unpaired) electrons. The van der Waals surface area contributed by atoms with Gasteiger partial charge in [0.1, 0.15) is 9.84 Å². The number of likely N-dealkylation sites (N-methyl/N-ethyl adjacent to an activating group) is 2. The largest absolute Gasteiger partial charge is 0.315 e. The standard InChI is InChI=1S/C14H30N2O2S/c1-5-19(17,18)12-8-9-13(15-2)14(16(3)4)10-6-7-11-14/h13,15H,5-12H2,1-4H3. The molecule has 1 aliphatic carbocycles. The first-order chi connectivity index (χ1) is 8.88. The minimum atomic E-state index is -2.83. The van der Waals surface area contributed by atoms with E-state index >= 15 is 0 Å². The quantitative estimate of drug-likeness (QED) is 0.739. The molecule has 114 valence electrons. The van der Waals surface area contributed by atoms with Gasteiger partial charge in [-0.15, -0.1) is 0 Å². The van der Waals surface area contributed by atoms with E-state index in [1.165, 1.54) is 25.7 Å². The molecule has 5 heteroatoms. The molecular weight excluding hydrogens is 260 g/mol. The van der Waals surface area contributed by atoms with Crippen molar-refractivity contribution in [2.45, 2.75) is 57.0 Å². The predicted octanol–water partition coefficient (Wildman–Crippen LogP) is 1.66. The van der Waals surface area contributed by atoms with Gasteiger partial charge >= 0.3 is 0 Å². The molecule has 1 unspecified atom stereocenters. The van der Waals surface area contributed by atoms with Crippen LogP contribution >= 0.6 is 0 Å². The average molecular weight is 290 g/mol. The van der Waals surface area contributed by atoms with Crippen LogP contribution in [0.25, 0.3) is 0 Å². The van der Waals surface area contributed by atoms with Gasteiger partial charge in [-0.2, -0.15) is 0 Å². The van der Waals surface area contributed by atoms with Crippen LogP contribution in [-0.4, -0.2) is 57.5 Å². The molecule has 1 aliphatic rings. The summed E-state index contributed by atoms with van der Waals surface area (Å²) in [5, 5.41) is 3.43. The monoisotopic (exact) mass is 290 g/mol. The van der Waals surface area contributed by atoms with Gasteiger partial charge < -0.3 is 10.2 Å². The van der Waals surface area contributed by atoms with Crippen molar-refractivity contribution in [3.8, 4) is 0 Å². The maximum Gasteiger partial charge on any atom is 0.150 e. The second-order valence-corrected chi connectivity index (χ2v) is 8.40. The average Bonchev–Trinajstić information content (AvgIpc) is 2.85. The lowest BCUT2D eigenvalue weighted by Crippen LogP contribution is -2.56. The SMILES string of the molecule is CCS(=O)(=O)CCCC(NC)C1(N(C)C)CCCC1. The second kappa shape index (κ2) is 7.04. The van der Waals surface area contributed by atoms with Gasteiger partial charge in [-0.3, -0.25) is 0 Å². The molecule has 0 amide bonds. The lowest BCUT2D eigenvalue weighted by molar-refractivity contribution is 0.104. The van der Waals surface area contributed by atoms with E-state index in [0.717, 1.165) is 12.8 Å². The van der Waals surface area contributed by atoms with Gasteiger partial charge in [0.05, 0.1) is 5.75 Å². The van der Waals surface area contributed by atoms with Crippen LogP contribution in [0.4, 0.5) is 0 Å². The molecule has 0 spiro atoms. The normalized spacial score (nSPS) is 20.9. The lowest BCUT2D eigenvalue weighted by atomic mass is 9.84. The molecule has 0 saturated heterocycles. The fraction of sp³-hybridized carbons (Fsp3) is 1.00. The number of hydrogen-bond donors (Lipinski definition) is 1. The van der Waals surface area contributed by atoms with E-state index in [1.54, 1.807) is 6.92 Å². The summed E-state index contributed by atoms with van der Waals surface area (Å²) in [6, 6.07) is 0.386. The summed E-state index contributed by atoms with van der Waals surface area (Å²) in [6.45, 7) is 1.73. The number of hydrogen-bond acceptors (Lipinski definition) is 4. The molecule has 0 aromatic rings. The smallest absolute Gasteiger partial charge is 0.150 e. The van der Waals surface area contributed by atoms with Gasteiger partial charge in [-0.05, 0) is 46.8 Å². The maximum atomic E-state index is 11.6. The Morgan fingerprint density at radius 2 is 1.84 bits per heavy atom. The molecule has 0 aromatic carbocycles. The van der Waals surface area contributed by atoms with Crippen LogP contribution in [-0.2, 0) is 9.84 Å². The summed E-state index contributed by atoms with van der Waals surface area (Å²) in [5.41, 5.74) is 0.213. The summed E-state index contributed by atoms with van der Waals surface area (Å²) in [5.74, 6) is 0.585. The lowest BCUT2D eigenvalue weighted by Gasteiger charge is -2.43. The zero-order valence-corrected chi connectivity index (χ0v) is 13.7. The zero-order valence-electron chi connectivity index (χ0n) is 12.9. The van der Waals surface area contributed by atoms with Crippen LogP contribution in [0.1, 0.15) is 45.4 Å². The Morgan fingerprint density at radius 3 is 2.26 bits per heavy atom. The third-order valence-corrected chi connectivity index (χ3v) is 6.54. The Bertz CT molecular complexity index is 360. The molecule has 19 heavy (non-hydrogen) atoms. The highest BCUT2D eigenvalue weighted by Crippen LogP contribution is 2.38. The second-order valence-electron chi connectivity index (χ2n) is 5.92. The van der Waals surface area contributed by atoms with Gasteiger partial charge in [0.2, 0.25) is 0 Å². The molecule has 0 heterocycles. The predicted molar refractivity (Wildman–Crippen MR) is 81.3 cm³/mol. The van der Waals surface area contributed by atoms with Crippen LogP contribution in [0.2, 0.25) is 0 Å². The Hall–Kier alpha value is -0.130. The molecule has 0 bridgehead atoms. The highest BCUT2D eigenvalue weighted by atomic mass is 32.2. The molecule has 1 rings (SSSR count). The number of sulfone groups is 1. The van der Waals surface area contributed by atoms with Crippen LogP contribution in [0, 0.1) is 0 Å². The van der Waals surface area contributed by atoms with Crippen molar-refractivity contribution in [3.05, 3.63) is 0 Å². The summed E-state index contributed by atoms with van der Waals surface area (Å²) >= 11 is 0. The van der Waals surface area contributed by atoms with Crippen molar-refractivity contribution in [3.63, 3.8) is 0 Å². The van der Waals surface area contributed by atoms with E-state index in [2.05, 4.69) is 24.3 Å². The van der Waals surface area contributed by atoms with E-state index < -0.39 is 9.84 Å². The maximum absolute atomic E-state index is 11.6. The Labute approximate surface area is 118 Å². The van der Waals surface area contributed by atoms with Crippen LogP contribution < -0.4 is 5.32 Å². The molecule has 1 fully saturated rings. The highest BCUT2D eigenvalue weighted by Gasteiger charge is 2.42. The molecule has 1 N–H and O–H groups in total.